The van der Waals surface area contributed by atoms with Gasteiger partial charge in [-0.3, -0.25) is 9.48 Å². The molecule has 0 spiro atoms. The molecule has 0 saturated carbocycles. The molecule has 2 heterocycles. The zero-order valence-corrected chi connectivity index (χ0v) is 14.1. The summed E-state index contributed by atoms with van der Waals surface area (Å²) in [5.41, 5.74) is 1.90. The van der Waals surface area contributed by atoms with Crippen LogP contribution in [0.25, 0.3) is 0 Å². The van der Waals surface area contributed by atoms with Gasteiger partial charge in [0, 0.05) is 25.5 Å². The second-order valence-corrected chi connectivity index (χ2v) is 6.91. The van der Waals surface area contributed by atoms with Gasteiger partial charge in [0.25, 0.3) is 0 Å². The number of piperidine rings is 1. The summed E-state index contributed by atoms with van der Waals surface area (Å²) < 4.78 is 14.9. The summed E-state index contributed by atoms with van der Waals surface area (Å²) in [5, 5.41) is 13.1. The largest absolute Gasteiger partial charge is 0.309 e. The van der Waals surface area contributed by atoms with Gasteiger partial charge in [-0.1, -0.05) is 6.07 Å². The van der Waals surface area contributed by atoms with Gasteiger partial charge >= 0.3 is 0 Å². The van der Waals surface area contributed by atoms with Crippen molar-refractivity contribution >= 4 is 23.4 Å². The molecule has 7 heteroatoms. The molecule has 1 amide bonds. The summed E-state index contributed by atoms with van der Waals surface area (Å²) in [4.78, 5) is 14.5. The molecule has 0 aliphatic carbocycles. The van der Waals surface area contributed by atoms with Crippen molar-refractivity contribution < 1.29 is 9.18 Å². The first-order chi connectivity index (χ1) is 11.6. The van der Waals surface area contributed by atoms with Crippen LogP contribution in [0, 0.1) is 17.1 Å². The second-order valence-electron chi connectivity index (χ2n) is 5.72. The summed E-state index contributed by atoms with van der Waals surface area (Å²) >= 11 is 1.51. The Morgan fingerprint density at radius 2 is 2.33 bits per heavy atom. The zero-order chi connectivity index (χ0) is 17.1. The van der Waals surface area contributed by atoms with Gasteiger partial charge in [0.15, 0.2) is 0 Å². The number of nitriles is 1. The van der Waals surface area contributed by atoms with Crippen LogP contribution in [-0.2, 0) is 17.6 Å². The van der Waals surface area contributed by atoms with Gasteiger partial charge in [0.1, 0.15) is 5.82 Å². The highest BCUT2D eigenvalue weighted by Gasteiger charge is 2.30. The van der Waals surface area contributed by atoms with Gasteiger partial charge in [0.05, 0.1) is 28.8 Å². The predicted octanol–water partition coefficient (Wildman–Crippen LogP) is 2.86. The van der Waals surface area contributed by atoms with E-state index in [1.54, 1.807) is 21.8 Å². The van der Waals surface area contributed by atoms with Crippen molar-refractivity contribution in [3.63, 3.8) is 0 Å². The first kappa shape index (κ1) is 16.5. The van der Waals surface area contributed by atoms with Crippen molar-refractivity contribution in [2.75, 3.05) is 11.4 Å². The molecular weight excluding hydrogens is 327 g/mol. The smallest absolute Gasteiger partial charge is 0.240 e. The van der Waals surface area contributed by atoms with E-state index in [1.807, 2.05) is 19.3 Å². The van der Waals surface area contributed by atoms with E-state index in [0.717, 1.165) is 24.1 Å². The normalized spacial score (nSPS) is 17.8. The van der Waals surface area contributed by atoms with Crippen LogP contribution in [0.2, 0.25) is 0 Å². The van der Waals surface area contributed by atoms with E-state index < -0.39 is 5.82 Å². The highest BCUT2D eigenvalue weighted by molar-refractivity contribution is 7.99. The molecule has 1 aliphatic rings. The van der Waals surface area contributed by atoms with Crippen LogP contribution in [-0.4, -0.2) is 27.5 Å². The molecule has 5 nitrogen and oxygen atoms in total. The molecule has 0 radical (unpaired) electrons. The van der Waals surface area contributed by atoms with Crippen molar-refractivity contribution in [3.05, 3.63) is 47.5 Å². The number of carbonyl (C=O) groups excluding carboxylic acids is 1. The Labute approximate surface area is 144 Å². The summed E-state index contributed by atoms with van der Waals surface area (Å²) in [6.45, 7) is 0.696. The third-order valence-electron chi connectivity index (χ3n) is 4.02. The quantitative estimate of drug-likeness (QED) is 0.856. The van der Waals surface area contributed by atoms with Crippen LogP contribution < -0.4 is 4.90 Å². The number of benzene rings is 1. The molecule has 1 aromatic carbocycles. The predicted molar refractivity (Wildman–Crippen MR) is 91.0 cm³/mol. The molecular formula is C17H17FN4OS. The molecule has 1 saturated heterocycles. The van der Waals surface area contributed by atoms with Crippen molar-refractivity contribution in [1.82, 2.24) is 9.78 Å². The molecule has 0 unspecified atom stereocenters. The Morgan fingerprint density at radius 3 is 3.04 bits per heavy atom. The fourth-order valence-corrected chi connectivity index (χ4v) is 4.01. The van der Waals surface area contributed by atoms with E-state index in [1.165, 1.54) is 23.9 Å². The lowest BCUT2D eigenvalue weighted by molar-refractivity contribution is -0.119. The van der Waals surface area contributed by atoms with Crippen LogP contribution in [0.1, 0.15) is 24.0 Å². The minimum atomic E-state index is -0.420. The highest BCUT2D eigenvalue weighted by atomic mass is 32.2. The lowest BCUT2D eigenvalue weighted by Gasteiger charge is -2.31. The lowest BCUT2D eigenvalue weighted by atomic mass is 10.1. The topological polar surface area (TPSA) is 61.9 Å². The van der Waals surface area contributed by atoms with Gasteiger partial charge in [-0.25, -0.2) is 4.39 Å². The molecule has 0 N–H and O–H groups in total. The average molecular weight is 344 g/mol. The number of rotatable bonds is 4. The maximum atomic E-state index is 13.2. The minimum Gasteiger partial charge on any atom is -0.309 e. The Kier molecular flexibility index (Phi) is 4.86. The maximum Gasteiger partial charge on any atom is 0.240 e. The monoisotopic (exact) mass is 344 g/mol. The Hall–Kier alpha value is -2.33. The number of halogens is 1. The maximum absolute atomic E-state index is 13.2. The average Bonchev–Trinajstić information content (AvgIpc) is 3.01. The van der Waals surface area contributed by atoms with Crippen molar-refractivity contribution in [1.29, 1.82) is 5.26 Å². The third-order valence-corrected chi connectivity index (χ3v) is 5.34. The lowest BCUT2D eigenvalue weighted by Crippen LogP contribution is -2.42. The second kappa shape index (κ2) is 7.05. The van der Waals surface area contributed by atoms with E-state index in [2.05, 4.69) is 5.10 Å². The summed E-state index contributed by atoms with van der Waals surface area (Å²) in [6, 6.07) is 6.22. The summed E-state index contributed by atoms with van der Waals surface area (Å²) in [7, 11) is 1.82. The molecule has 1 aliphatic heterocycles. The molecule has 1 aromatic heterocycles. The number of amides is 1. The van der Waals surface area contributed by atoms with E-state index in [4.69, 9.17) is 5.26 Å². The van der Waals surface area contributed by atoms with E-state index in [-0.39, 0.29) is 11.2 Å². The molecule has 0 bridgehead atoms. The minimum absolute atomic E-state index is 0.0693. The Bertz CT molecular complexity index is 798. The Balaban J connectivity index is 1.69. The van der Waals surface area contributed by atoms with Crippen LogP contribution in [0.5, 0.6) is 0 Å². The number of aryl methyl sites for hydroxylation is 1. The van der Waals surface area contributed by atoms with Gasteiger partial charge in [0.2, 0.25) is 5.91 Å². The SMILES string of the molecule is Cn1cc(N2CCC[C@@H](SCc3ccc(F)cc3C#N)C2=O)cn1. The van der Waals surface area contributed by atoms with Crippen LogP contribution in [0.15, 0.2) is 30.6 Å². The number of hydrogen-bond acceptors (Lipinski definition) is 4. The first-order valence-corrected chi connectivity index (χ1v) is 8.73. The summed E-state index contributed by atoms with van der Waals surface area (Å²) in [6.07, 6.45) is 5.26. The molecule has 1 atom stereocenters. The molecule has 2 aromatic rings. The first-order valence-electron chi connectivity index (χ1n) is 7.68. The number of nitrogens with zero attached hydrogens (tertiary/aromatic N) is 4. The molecule has 124 valence electrons. The van der Waals surface area contributed by atoms with Crippen molar-refractivity contribution in [3.8, 4) is 6.07 Å². The number of aromatic nitrogens is 2. The standard InChI is InChI=1S/C17H17FN4OS/c1-21-10-15(9-20-21)22-6-2-3-16(17(22)23)24-11-12-4-5-14(18)7-13(12)8-19/h4-5,7,9-10,16H,2-3,6,11H2,1H3/t16-/m1/s1. The van der Waals surface area contributed by atoms with E-state index in [9.17, 15) is 9.18 Å². The van der Waals surface area contributed by atoms with Gasteiger partial charge < -0.3 is 4.90 Å². The van der Waals surface area contributed by atoms with E-state index in [0.29, 0.717) is 17.9 Å². The van der Waals surface area contributed by atoms with Crippen LogP contribution >= 0.6 is 11.8 Å². The fourth-order valence-electron chi connectivity index (χ4n) is 2.77. The number of anilines is 1. The molecule has 1 fully saturated rings. The van der Waals surface area contributed by atoms with Gasteiger partial charge in [-0.2, -0.15) is 10.4 Å². The molecule has 3 rings (SSSR count). The summed E-state index contributed by atoms with van der Waals surface area (Å²) in [5.74, 6) is 0.164. The van der Waals surface area contributed by atoms with E-state index >= 15 is 0 Å². The number of carbonyl (C=O) groups is 1. The zero-order valence-electron chi connectivity index (χ0n) is 13.3. The highest BCUT2D eigenvalue weighted by Crippen LogP contribution is 2.30. The van der Waals surface area contributed by atoms with Gasteiger partial charge in [-0.05, 0) is 30.5 Å². The molecule has 24 heavy (non-hydrogen) atoms. The third kappa shape index (κ3) is 3.44. The van der Waals surface area contributed by atoms with Crippen molar-refractivity contribution in [2.45, 2.75) is 23.8 Å². The van der Waals surface area contributed by atoms with Crippen LogP contribution in [0.3, 0.4) is 0 Å². The van der Waals surface area contributed by atoms with Crippen molar-refractivity contribution in [2.24, 2.45) is 7.05 Å². The van der Waals surface area contributed by atoms with Crippen LogP contribution in [0.4, 0.5) is 10.1 Å². The van der Waals surface area contributed by atoms with Gasteiger partial charge in [-0.15, -0.1) is 11.8 Å². The Morgan fingerprint density at radius 1 is 1.50 bits per heavy atom. The number of hydrogen-bond donors (Lipinski definition) is 0. The fraction of sp³-hybridized carbons (Fsp3) is 0.353. The number of thioether (sulfide) groups is 1.